The van der Waals surface area contributed by atoms with Gasteiger partial charge >= 0.3 is 12.2 Å². The van der Waals surface area contributed by atoms with Gasteiger partial charge in [0.1, 0.15) is 11.2 Å². The topological polar surface area (TPSA) is 108 Å². The van der Waals surface area contributed by atoms with E-state index in [1.54, 1.807) is 47.7 Å². The number of nitrogens with zero attached hydrogens (tertiary/aromatic N) is 1. The number of aromatic nitrogens is 1. The maximum absolute atomic E-state index is 12.3. The van der Waals surface area contributed by atoms with Crippen LogP contribution in [0.15, 0.2) is 17.1 Å². The third kappa shape index (κ3) is 13.1. The summed E-state index contributed by atoms with van der Waals surface area (Å²) in [5, 5.41) is 5.57. The second kappa shape index (κ2) is 14.0. The number of pyridine rings is 1. The zero-order valence-electron chi connectivity index (χ0n) is 22.8. The van der Waals surface area contributed by atoms with Crippen LogP contribution >= 0.6 is 0 Å². The summed E-state index contributed by atoms with van der Waals surface area (Å²) in [6, 6.07) is 1.21. The smallest absolute Gasteiger partial charge is 0.407 e. The lowest BCUT2D eigenvalue weighted by Gasteiger charge is -2.25. The number of rotatable bonds is 12. The summed E-state index contributed by atoms with van der Waals surface area (Å²) in [5.41, 5.74) is -0.522. The van der Waals surface area contributed by atoms with Gasteiger partial charge in [-0.1, -0.05) is 13.3 Å². The second-order valence-corrected chi connectivity index (χ2v) is 10.7. The van der Waals surface area contributed by atoms with Gasteiger partial charge in [0.2, 0.25) is 5.43 Å². The minimum Gasteiger partial charge on any atom is -0.488 e. The SMILES string of the molecule is CCCCOc1c(C)n(CCCCC(CNC(=O)OC(C)(C)C)NC(=O)OC(C)(C)C)ccc1=O. The third-order valence-corrected chi connectivity index (χ3v) is 4.95. The van der Waals surface area contributed by atoms with Crippen molar-refractivity contribution in [3.8, 4) is 5.75 Å². The van der Waals surface area contributed by atoms with Gasteiger partial charge in [0.05, 0.1) is 12.3 Å². The van der Waals surface area contributed by atoms with E-state index >= 15 is 0 Å². The molecule has 1 atom stereocenters. The number of unbranched alkanes of at least 4 members (excludes halogenated alkanes) is 2. The summed E-state index contributed by atoms with van der Waals surface area (Å²) in [7, 11) is 0. The third-order valence-electron chi connectivity index (χ3n) is 4.95. The van der Waals surface area contributed by atoms with Crippen LogP contribution in [0, 0.1) is 6.92 Å². The van der Waals surface area contributed by atoms with E-state index in [4.69, 9.17) is 14.2 Å². The average Bonchev–Trinajstić information content (AvgIpc) is 2.70. The van der Waals surface area contributed by atoms with Gasteiger partial charge < -0.3 is 29.4 Å². The Morgan fingerprint density at radius 3 is 2.23 bits per heavy atom. The number of hydrogen-bond acceptors (Lipinski definition) is 6. The van der Waals surface area contributed by atoms with Gasteiger partial charge in [0.15, 0.2) is 5.75 Å². The Morgan fingerprint density at radius 1 is 1.00 bits per heavy atom. The fraction of sp³-hybridized carbons (Fsp3) is 0.731. The first-order valence-corrected chi connectivity index (χ1v) is 12.5. The minimum absolute atomic E-state index is 0.107. The van der Waals surface area contributed by atoms with Gasteiger partial charge in [-0.2, -0.15) is 0 Å². The standard InChI is InChI=1S/C26H45N3O6/c1-9-10-17-33-22-19(2)29(16-14-21(22)30)15-12-11-13-20(28-24(32)35-26(6,7)8)18-27-23(31)34-25(3,4)5/h14,16,20H,9-13,15,17-18H2,1-8H3,(H,27,31)(H,28,32). The van der Waals surface area contributed by atoms with Crippen LogP contribution in [-0.4, -0.2) is 47.1 Å². The lowest BCUT2D eigenvalue weighted by Crippen LogP contribution is -2.46. The van der Waals surface area contributed by atoms with Gasteiger partial charge in [0.25, 0.3) is 0 Å². The molecule has 0 saturated carbocycles. The van der Waals surface area contributed by atoms with Crippen molar-refractivity contribution in [3.05, 3.63) is 28.2 Å². The molecule has 1 heterocycles. The quantitative estimate of drug-likeness (QED) is 0.398. The lowest BCUT2D eigenvalue weighted by molar-refractivity contribution is 0.0460. The maximum atomic E-state index is 12.3. The van der Waals surface area contributed by atoms with Crippen LogP contribution in [0.25, 0.3) is 0 Å². The number of carbonyl (C=O) groups excluding carboxylic acids is 2. The molecule has 9 heteroatoms. The van der Waals surface area contributed by atoms with E-state index in [0.29, 0.717) is 25.3 Å². The molecule has 1 rings (SSSR count). The number of ether oxygens (including phenoxy) is 3. The summed E-state index contributed by atoms with van der Waals surface area (Å²) in [6.45, 7) is 16.2. The molecule has 1 aromatic heterocycles. The Labute approximate surface area is 209 Å². The van der Waals surface area contributed by atoms with Crippen molar-refractivity contribution < 1.29 is 23.8 Å². The molecule has 1 aromatic rings. The number of aryl methyl sites for hydroxylation is 1. The number of hydrogen-bond donors (Lipinski definition) is 2. The van der Waals surface area contributed by atoms with Gasteiger partial charge in [0, 0.05) is 31.4 Å². The van der Waals surface area contributed by atoms with Crippen molar-refractivity contribution in [1.29, 1.82) is 0 Å². The van der Waals surface area contributed by atoms with Crippen LogP contribution < -0.4 is 20.8 Å². The first kappa shape index (κ1) is 30.3. The summed E-state index contributed by atoms with van der Waals surface area (Å²) < 4.78 is 18.4. The van der Waals surface area contributed by atoms with E-state index in [9.17, 15) is 14.4 Å². The van der Waals surface area contributed by atoms with E-state index in [0.717, 1.165) is 31.4 Å². The molecule has 0 saturated heterocycles. The van der Waals surface area contributed by atoms with Crippen molar-refractivity contribution in [2.24, 2.45) is 0 Å². The van der Waals surface area contributed by atoms with Crippen LogP contribution in [0.3, 0.4) is 0 Å². The molecule has 0 aliphatic rings. The first-order valence-electron chi connectivity index (χ1n) is 12.5. The molecule has 0 aliphatic heterocycles. The van der Waals surface area contributed by atoms with Crippen molar-refractivity contribution in [2.75, 3.05) is 13.2 Å². The summed E-state index contributed by atoms with van der Waals surface area (Å²) in [5.74, 6) is 0.409. The molecule has 0 fully saturated rings. The number of amides is 2. The van der Waals surface area contributed by atoms with E-state index in [2.05, 4.69) is 17.6 Å². The molecular weight excluding hydrogens is 450 g/mol. The predicted molar refractivity (Wildman–Crippen MR) is 137 cm³/mol. The van der Waals surface area contributed by atoms with Gasteiger partial charge in [-0.05, 0) is 74.1 Å². The Balaban J connectivity index is 2.70. The normalized spacial score (nSPS) is 12.6. The number of carbonyl (C=O) groups is 2. The van der Waals surface area contributed by atoms with E-state index < -0.39 is 23.4 Å². The molecule has 9 nitrogen and oxygen atoms in total. The Hall–Kier alpha value is -2.71. The van der Waals surface area contributed by atoms with E-state index in [-0.39, 0.29) is 18.0 Å². The van der Waals surface area contributed by atoms with Gasteiger partial charge in [-0.3, -0.25) is 4.79 Å². The van der Waals surface area contributed by atoms with Crippen LogP contribution in [0.5, 0.6) is 5.75 Å². The second-order valence-electron chi connectivity index (χ2n) is 10.7. The fourth-order valence-corrected chi connectivity index (χ4v) is 3.28. The lowest BCUT2D eigenvalue weighted by atomic mass is 10.1. The van der Waals surface area contributed by atoms with Gasteiger partial charge in [-0.25, -0.2) is 9.59 Å². The fourth-order valence-electron chi connectivity index (χ4n) is 3.28. The minimum atomic E-state index is -0.619. The van der Waals surface area contributed by atoms with Crippen molar-refractivity contribution in [3.63, 3.8) is 0 Å². The molecule has 35 heavy (non-hydrogen) atoms. The predicted octanol–water partition coefficient (Wildman–Crippen LogP) is 4.92. The highest BCUT2D eigenvalue weighted by atomic mass is 16.6. The first-order chi connectivity index (χ1) is 16.2. The summed E-state index contributed by atoms with van der Waals surface area (Å²) >= 11 is 0. The molecule has 0 aromatic carbocycles. The average molecular weight is 496 g/mol. The van der Waals surface area contributed by atoms with Crippen LogP contribution in [0.4, 0.5) is 9.59 Å². The number of alkyl carbamates (subject to hydrolysis) is 2. The molecule has 0 aliphatic carbocycles. The van der Waals surface area contributed by atoms with Crippen molar-refractivity contribution in [2.45, 2.75) is 111 Å². The Morgan fingerprint density at radius 2 is 1.63 bits per heavy atom. The molecule has 200 valence electrons. The van der Waals surface area contributed by atoms with Crippen molar-refractivity contribution >= 4 is 12.2 Å². The highest BCUT2D eigenvalue weighted by Gasteiger charge is 2.21. The van der Waals surface area contributed by atoms with E-state index in [1.807, 2.05) is 11.5 Å². The molecule has 0 radical (unpaired) electrons. The maximum Gasteiger partial charge on any atom is 0.407 e. The number of nitrogens with one attached hydrogen (secondary N) is 2. The van der Waals surface area contributed by atoms with Crippen LogP contribution in [-0.2, 0) is 16.0 Å². The summed E-state index contributed by atoms with van der Waals surface area (Å²) in [6.07, 6.45) is 4.86. The monoisotopic (exact) mass is 495 g/mol. The highest BCUT2D eigenvalue weighted by Crippen LogP contribution is 2.14. The van der Waals surface area contributed by atoms with Crippen molar-refractivity contribution in [1.82, 2.24) is 15.2 Å². The zero-order chi connectivity index (χ0) is 26.6. The molecule has 0 bridgehead atoms. The zero-order valence-corrected chi connectivity index (χ0v) is 22.8. The largest absolute Gasteiger partial charge is 0.488 e. The Bertz CT molecular complexity index is 867. The molecule has 2 amide bonds. The van der Waals surface area contributed by atoms with Crippen LogP contribution in [0.1, 0.15) is 86.3 Å². The molecular formula is C26H45N3O6. The van der Waals surface area contributed by atoms with Crippen LogP contribution in [0.2, 0.25) is 0 Å². The molecule has 2 N–H and O–H groups in total. The van der Waals surface area contributed by atoms with E-state index in [1.165, 1.54) is 6.07 Å². The Kier molecular flexibility index (Phi) is 12.1. The molecule has 0 spiro atoms. The van der Waals surface area contributed by atoms with Gasteiger partial charge in [-0.15, -0.1) is 0 Å². The molecule has 1 unspecified atom stereocenters. The summed E-state index contributed by atoms with van der Waals surface area (Å²) in [4.78, 5) is 36.5. The highest BCUT2D eigenvalue weighted by molar-refractivity contribution is 5.69.